The van der Waals surface area contributed by atoms with E-state index in [0.29, 0.717) is 16.6 Å². The van der Waals surface area contributed by atoms with Crippen LogP contribution in [0.25, 0.3) is 11.0 Å². The van der Waals surface area contributed by atoms with Crippen LogP contribution in [0.4, 0.5) is 23.2 Å². The van der Waals surface area contributed by atoms with Gasteiger partial charge in [0.15, 0.2) is 5.65 Å². The van der Waals surface area contributed by atoms with E-state index in [2.05, 4.69) is 15.2 Å². The minimum Gasteiger partial charge on any atom is -0.345 e. The summed E-state index contributed by atoms with van der Waals surface area (Å²) >= 11 is 6.06. The Morgan fingerprint density at radius 3 is 2.56 bits per heavy atom. The zero-order valence-corrected chi connectivity index (χ0v) is 21.0. The van der Waals surface area contributed by atoms with Crippen LogP contribution < -0.4 is 10.2 Å². The van der Waals surface area contributed by atoms with Crippen molar-refractivity contribution < 1.29 is 31.9 Å². The minimum absolute atomic E-state index is 0.0868. The lowest BCUT2D eigenvalue weighted by atomic mass is 9.85. The fourth-order valence-electron chi connectivity index (χ4n) is 5.05. The van der Waals surface area contributed by atoms with Gasteiger partial charge in [0, 0.05) is 35.4 Å². The van der Waals surface area contributed by atoms with E-state index in [0.717, 1.165) is 11.0 Å². The third-order valence-electron chi connectivity index (χ3n) is 6.91. The van der Waals surface area contributed by atoms with E-state index >= 15 is 0 Å². The van der Waals surface area contributed by atoms with Crippen molar-refractivity contribution in [1.29, 1.82) is 0 Å². The monoisotopic (exact) mass is 567 g/mol. The number of likely N-dealkylation sites (tertiary alicyclic amines) is 1. The average molecular weight is 568 g/mol. The fraction of sp³-hybridized carbons (Fsp3) is 0.375. The fourth-order valence-corrected chi connectivity index (χ4v) is 5.27. The summed E-state index contributed by atoms with van der Waals surface area (Å²) in [6.07, 6.45) is -1.37. The average Bonchev–Trinajstić information content (AvgIpc) is 3.45. The van der Waals surface area contributed by atoms with Gasteiger partial charge in [-0.1, -0.05) is 11.6 Å². The minimum atomic E-state index is -4.60. The molecule has 3 amide bonds. The third kappa shape index (κ3) is 5.33. The van der Waals surface area contributed by atoms with Gasteiger partial charge in [-0.15, -0.1) is 0 Å². The highest BCUT2D eigenvalue weighted by atomic mass is 35.5. The number of alkyl halides is 3. The molecule has 2 aromatic heterocycles. The van der Waals surface area contributed by atoms with Crippen molar-refractivity contribution in [3.05, 3.63) is 53.1 Å². The van der Waals surface area contributed by atoms with Crippen molar-refractivity contribution in [3.63, 3.8) is 0 Å². The van der Waals surface area contributed by atoms with Crippen molar-refractivity contribution in [2.24, 2.45) is 0 Å². The van der Waals surface area contributed by atoms with E-state index in [9.17, 15) is 31.9 Å². The molecule has 2 aliphatic rings. The first-order chi connectivity index (χ1) is 18.4. The normalized spacial score (nSPS) is 17.4. The number of hydrogen-bond acceptors (Lipinski definition) is 6. The largest absolute Gasteiger partial charge is 0.405 e. The van der Waals surface area contributed by atoms with Crippen LogP contribution in [-0.2, 0) is 9.59 Å². The van der Waals surface area contributed by atoms with Crippen LogP contribution in [0.15, 0.2) is 36.7 Å². The lowest BCUT2D eigenvalue weighted by molar-refractivity contribution is -0.142. The van der Waals surface area contributed by atoms with Crippen molar-refractivity contribution in [1.82, 2.24) is 30.3 Å². The van der Waals surface area contributed by atoms with E-state index < -0.39 is 42.4 Å². The number of carbonyl (C=O) groups is 3. The summed E-state index contributed by atoms with van der Waals surface area (Å²) in [7, 11) is 0. The Labute approximate surface area is 223 Å². The Morgan fingerprint density at radius 1 is 1.13 bits per heavy atom. The van der Waals surface area contributed by atoms with Crippen molar-refractivity contribution in [3.8, 4) is 0 Å². The second-order valence-electron chi connectivity index (χ2n) is 9.45. The van der Waals surface area contributed by atoms with Gasteiger partial charge in [0.05, 0.1) is 18.4 Å². The van der Waals surface area contributed by atoms with E-state index in [1.165, 1.54) is 18.3 Å². The molecule has 0 radical (unpaired) electrons. The Bertz CT molecular complexity index is 1420. The van der Waals surface area contributed by atoms with Gasteiger partial charge in [0.25, 0.3) is 11.8 Å². The number of fused-ring (bicyclic) bond motifs is 1. The molecule has 15 heteroatoms. The molecule has 2 saturated heterocycles. The Hall–Kier alpha value is -3.94. The van der Waals surface area contributed by atoms with Gasteiger partial charge in [-0.2, -0.15) is 18.3 Å². The summed E-state index contributed by atoms with van der Waals surface area (Å²) in [5.41, 5.74) is -0.106. The molecule has 0 unspecified atom stereocenters. The molecule has 0 atom stereocenters. The van der Waals surface area contributed by atoms with Gasteiger partial charge in [0.2, 0.25) is 5.91 Å². The number of carbonyl (C=O) groups excluding carboxylic acids is 3. The van der Waals surface area contributed by atoms with Crippen LogP contribution in [0.3, 0.4) is 0 Å². The number of pyridine rings is 1. The van der Waals surface area contributed by atoms with Crippen LogP contribution in [0.5, 0.6) is 0 Å². The van der Waals surface area contributed by atoms with Crippen LogP contribution in [0, 0.1) is 5.82 Å². The molecule has 0 bridgehead atoms. The van der Waals surface area contributed by atoms with Crippen LogP contribution in [-0.4, -0.2) is 87.3 Å². The van der Waals surface area contributed by atoms with Gasteiger partial charge < -0.3 is 20.0 Å². The Kier molecular flexibility index (Phi) is 6.83. The second-order valence-corrected chi connectivity index (χ2v) is 9.88. The molecule has 39 heavy (non-hydrogen) atoms. The highest BCUT2D eigenvalue weighted by Gasteiger charge is 2.54. The molecule has 0 saturated carbocycles. The number of anilines is 1. The van der Waals surface area contributed by atoms with Gasteiger partial charge >= 0.3 is 6.18 Å². The van der Waals surface area contributed by atoms with Gasteiger partial charge in [-0.3, -0.25) is 19.5 Å². The maximum atomic E-state index is 14.3. The summed E-state index contributed by atoms with van der Waals surface area (Å²) in [4.78, 5) is 47.5. The van der Waals surface area contributed by atoms with Crippen LogP contribution in [0.2, 0.25) is 5.02 Å². The number of benzene rings is 1. The zero-order valence-electron chi connectivity index (χ0n) is 20.3. The van der Waals surface area contributed by atoms with E-state index in [4.69, 9.17) is 11.6 Å². The maximum Gasteiger partial charge on any atom is 0.405 e. The number of H-pyrrole nitrogens is 1. The maximum absolute atomic E-state index is 14.3. The second kappa shape index (κ2) is 9.98. The highest BCUT2D eigenvalue weighted by Crippen LogP contribution is 2.40. The zero-order chi connectivity index (χ0) is 27.9. The lowest BCUT2D eigenvalue weighted by Gasteiger charge is -2.43. The summed E-state index contributed by atoms with van der Waals surface area (Å²) in [6.45, 7) is -2.01. The summed E-state index contributed by atoms with van der Waals surface area (Å²) in [5.74, 6) is -2.42. The number of amides is 3. The molecular formula is C24H22ClF4N7O3. The van der Waals surface area contributed by atoms with Gasteiger partial charge in [0.1, 0.15) is 24.4 Å². The third-order valence-corrected chi connectivity index (χ3v) is 7.13. The number of aromatic amines is 1. The molecule has 2 N–H and O–H groups in total. The lowest BCUT2D eigenvalue weighted by Crippen LogP contribution is -2.57. The predicted octanol–water partition coefficient (Wildman–Crippen LogP) is 2.71. The SMILES string of the molecule is O=C(CN1CN(c2cc(F)cc(Cl)c2)C2(CCN(C(=O)c3cnc4[nH]ncc4c3)CC2)C1=O)NCC(F)(F)F. The quantitative estimate of drug-likeness (QED) is 0.458. The number of piperidine rings is 1. The molecule has 3 aromatic rings. The molecule has 2 fully saturated rings. The summed E-state index contributed by atoms with van der Waals surface area (Å²) in [6, 6.07) is 5.42. The molecule has 4 heterocycles. The first-order valence-corrected chi connectivity index (χ1v) is 12.3. The predicted molar refractivity (Wildman–Crippen MR) is 131 cm³/mol. The van der Waals surface area contributed by atoms with Crippen LogP contribution in [0.1, 0.15) is 23.2 Å². The first kappa shape index (κ1) is 26.7. The number of hydrogen-bond donors (Lipinski definition) is 2. The van der Waals surface area contributed by atoms with Crippen molar-refractivity contribution in [2.75, 3.05) is 37.7 Å². The molecule has 2 aliphatic heterocycles. The number of nitrogens with one attached hydrogen (secondary N) is 2. The molecule has 1 aromatic carbocycles. The highest BCUT2D eigenvalue weighted by molar-refractivity contribution is 6.30. The van der Waals surface area contributed by atoms with E-state index in [-0.39, 0.29) is 49.2 Å². The number of rotatable bonds is 5. The molecule has 206 valence electrons. The van der Waals surface area contributed by atoms with E-state index in [1.54, 1.807) is 27.4 Å². The number of nitrogens with zero attached hydrogens (tertiary/aromatic N) is 5. The van der Waals surface area contributed by atoms with Crippen molar-refractivity contribution >= 4 is 46.0 Å². The topological polar surface area (TPSA) is 115 Å². The summed E-state index contributed by atoms with van der Waals surface area (Å²) < 4.78 is 51.9. The number of halogens is 5. The van der Waals surface area contributed by atoms with Gasteiger partial charge in [-0.25, -0.2) is 9.37 Å². The number of aromatic nitrogens is 3. The standard InChI is InChI=1S/C24H22ClF4N7O3/c25-16-6-17(26)8-18(7-16)36-13-35(11-19(37)31-12-24(27,28)29)22(39)23(36)1-3-34(4-2-23)21(38)15-5-14-10-32-33-20(14)30-9-15/h5-10H,1-4,11-13H2,(H,31,37)(H,30,32,33). The molecule has 1 spiro atoms. The molecule has 5 rings (SSSR count). The smallest absolute Gasteiger partial charge is 0.345 e. The Morgan fingerprint density at radius 2 is 1.87 bits per heavy atom. The molecule has 10 nitrogen and oxygen atoms in total. The summed E-state index contributed by atoms with van der Waals surface area (Å²) in [5, 5.41) is 9.11. The van der Waals surface area contributed by atoms with Gasteiger partial charge in [-0.05, 0) is 37.1 Å². The van der Waals surface area contributed by atoms with Crippen LogP contribution >= 0.6 is 11.6 Å². The first-order valence-electron chi connectivity index (χ1n) is 11.9. The van der Waals surface area contributed by atoms with Crippen molar-refractivity contribution in [2.45, 2.75) is 24.6 Å². The molecular weight excluding hydrogens is 546 g/mol. The molecule has 0 aliphatic carbocycles. The van der Waals surface area contributed by atoms with E-state index in [1.807, 2.05) is 0 Å². The Balaban J connectivity index is 1.37.